The van der Waals surface area contributed by atoms with Crippen LogP contribution in [0.5, 0.6) is 11.5 Å². The number of nitriles is 2. The summed E-state index contributed by atoms with van der Waals surface area (Å²) in [5.41, 5.74) is 1.01. The monoisotopic (exact) mass is 268 g/mol. The fraction of sp³-hybridized carbons (Fsp3) is 0.0667. The Bertz CT molecular complexity index is 683. The number of para-hydroxylation sites is 1. The second-order valence-corrected chi connectivity index (χ2v) is 4.18. The molecule has 2 aromatic rings. The molecule has 0 radical (unpaired) electrons. The standard InChI is InChI=1S/C15H9ClN2O/c16-13-5-1-2-6-15(13)19-14-7-3-4-11(8-9-17)12(14)10-18/h1-7H,8H2. The van der Waals surface area contributed by atoms with E-state index < -0.39 is 0 Å². The number of halogens is 1. The lowest BCUT2D eigenvalue weighted by atomic mass is 10.1. The molecule has 0 unspecified atom stereocenters. The summed E-state index contributed by atoms with van der Waals surface area (Å²) in [7, 11) is 0. The molecule has 0 bridgehead atoms. The van der Waals surface area contributed by atoms with Crippen molar-refractivity contribution in [3.63, 3.8) is 0 Å². The highest BCUT2D eigenvalue weighted by atomic mass is 35.5. The molecule has 0 atom stereocenters. The minimum atomic E-state index is 0.169. The maximum absolute atomic E-state index is 9.20. The van der Waals surface area contributed by atoms with Crippen molar-refractivity contribution in [2.75, 3.05) is 0 Å². The van der Waals surface area contributed by atoms with Gasteiger partial charge in [0.15, 0.2) is 0 Å². The minimum Gasteiger partial charge on any atom is -0.454 e. The molecule has 4 heteroatoms. The molecule has 0 aliphatic rings. The molecule has 0 fully saturated rings. The Hall–Kier alpha value is -2.49. The molecule has 2 rings (SSSR count). The average Bonchev–Trinajstić information content (AvgIpc) is 2.42. The van der Waals surface area contributed by atoms with Crippen LogP contribution in [0.15, 0.2) is 42.5 Å². The smallest absolute Gasteiger partial charge is 0.146 e. The highest BCUT2D eigenvalue weighted by molar-refractivity contribution is 6.32. The Morgan fingerprint density at radius 2 is 1.74 bits per heavy atom. The first-order valence-corrected chi connectivity index (χ1v) is 5.95. The summed E-state index contributed by atoms with van der Waals surface area (Å²) in [4.78, 5) is 0. The molecule has 0 aromatic heterocycles. The summed E-state index contributed by atoms with van der Waals surface area (Å²) in [6, 6.07) is 16.3. The van der Waals surface area contributed by atoms with Gasteiger partial charge in [0.25, 0.3) is 0 Å². The van der Waals surface area contributed by atoms with Crippen molar-refractivity contribution in [2.45, 2.75) is 6.42 Å². The van der Waals surface area contributed by atoms with E-state index in [1.54, 1.807) is 42.5 Å². The van der Waals surface area contributed by atoms with Crippen molar-refractivity contribution in [1.29, 1.82) is 10.5 Å². The summed E-state index contributed by atoms with van der Waals surface area (Å²) >= 11 is 6.01. The normalized spacial score (nSPS) is 9.42. The molecule has 0 aliphatic heterocycles. The molecule has 0 amide bonds. The molecule has 92 valence electrons. The zero-order chi connectivity index (χ0) is 13.7. The lowest BCUT2D eigenvalue weighted by Gasteiger charge is -2.10. The van der Waals surface area contributed by atoms with E-state index in [0.717, 1.165) is 0 Å². The van der Waals surface area contributed by atoms with Crippen LogP contribution in [0.3, 0.4) is 0 Å². The lowest BCUT2D eigenvalue weighted by Crippen LogP contribution is -1.94. The summed E-state index contributed by atoms with van der Waals surface area (Å²) in [6.45, 7) is 0. The van der Waals surface area contributed by atoms with Crippen LogP contribution in [0.2, 0.25) is 5.02 Å². The van der Waals surface area contributed by atoms with Gasteiger partial charge in [0.05, 0.1) is 23.1 Å². The fourth-order valence-electron chi connectivity index (χ4n) is 1.67. The van der Waals surface area contributed by atoms with Gasteiger partial charge in [-0.2, -0.15) is 10.5 Å². The van der Waals surface area contributed by atoms with Crippen molar-refractivity contribution >= 4 is 11.6 Å². The molecule has 0 N–H and O–H groups in total. The van der Waals surface area contributed by atoms with Gasteiger partial charge in [-0.15, -0.1) is 0 Å². The lowest BCUT2D eigenvalue weighted by molar-refractivity contribution is 0.481. The van der Waals surface area contributed by atoms with Crippen LogP contribution < -0.4 is 4.74 Å². The largest absolute Gasteiger partial charge is 0.454 e. The Morgan fingerprint density at radius 3 is 2.42 bits per heavy atom. The van der Waals surface area contributed by atoms with E-state index in [4.69, 9.17) is 21.6 Å². The van der Waals surface area contributed by atoms with Gasteiger partial charge >= 0.3 is 0 Å². The zero-order valence-electron chi connectivity index (χ0n) is 9.93. The number of hydrogen-bond acceptors (Lipinski definition) is 3. The van der Waals surface area contributed by atoms with Crippen molar-refractivity contribution in [1.82, 2.24) is 0 Å². The van der Waals surface area contributed by atoms with Crippen LogP contribution in [0, 0.1) is 22.7 Å². The van der Waals surface area contributed by atoms with Crippen LogP contribution in [-0.4, -0.2) is 0 Å². The van der Waals surface area contributed by atoms with Crippen molar-refractivity contribution < 1.29 is 4.74 Å². The van der Waals surface area contributed by atoms with Gasteiger partial charge < -0.3 is 4.74 Å². The average molecular weight is 269 g/mol. The molecule has 19 heavy (non-hydrogen) atoms. The van der Waals surface area contributed by atoms with E-state index >= 15 is 0 Å². The first kappa shape index (κ1) is 13.0. The first-order chi connectivity index (χ1) is 9.26. The Labute approximate surface area is 116 Å². The van der Waals surface area contributed by atoms with Crippen molar-refractivity contribution in [3.05, 3.63) is 58.6 Å². The second kappa shape index (κ2) is 5.91. The molecule has 2 aromatic carbocycles. The molecular formula is C15H9ClN2O. The predicted octanol–water partition coefficient (Wildman–Crippen LogP) is 4.07. The van der Waals surface area contributed by atoms with Gasteiger partial charge in [-0.3, -0.25) is 0 Å². The van der Waals surface area contributed by atoms with Gasteiger partial charge in [0.1, 0.15) is 17.6 Å². The van der Waals surface area contributed by atoms with Crippen molar-refractivity contribution in [3.8, 4) is 23.6 Å². The fourth-order valence-corrected chi connectivity index (χ4v) is 1.84. The molecule has 0 spiro atoms. The van der Waals surface area contributed by atoms with Gasteiger partial charge in [0, 0.05) is 0 Å². The van der Waals surface area contributed by atoms with Gasteiger partial charge in [-0.1, -0.05) is 35.9 Å². The van der Waals surface area contributed by atoms with Gasteiger partial charge in [-0.25, -0.2) is 0 Å². The molecule has 0 saturated carbocycles. The van der Waals surface area contributed by atoms with Crippen LogP contribution in [-0.2, 0) is 6.42 Å². The van der Waals surface area contributed by atoms with E-state index in [2.05, 4.69) is 6.07 Å². The molecule has 0 aliphatic carbocycles. The molecule has 0 heterocycles. The van der Waals surface area contributed by atoms with E-state index in [-0.39, 0.29) is 6.42 Å². The Balaban J connectivity index is 2.42. The highest BCUT2D eigenvalue weighted by Crippen LogP contribution is 2.31. The molecular weight excluding hydrogens is 260 g/mol. The third-order valence-corrected chi connectivity index (χ3v) is 2.86. The van der Waals surface area contributed by atoms with E-state index in [1.165, 1.54) is 0 Å². The van der Waals surface area contributed by atoms with Crippen LogP contribution >= 0.6 is 11.6 Å². The number of rotatable bonds is 3. The molecule has 3 nitrogen and oxygen atoms in total. The quantitative estimate of drug-likeness (QED) is 0.843. The second-order valence-electron chi connectivity index (χ2n) is 3.77. The maximum Gasteiger partial charge on any atom is 0.146 e. The van der Waals surface area contributed by atoms with E-state index in [9.17, 15) is 5.26 Å². The van der Waals surface area contributed by atoms with Crippen LogP contribution in [0.1, 0.15) is 11.1 Å². The van der Waals surface area contributed by atoms with Crippen LogP contribution in [0.4, 0.5) is 0 Å². The SMILES string of the molecule is N#CCc1cccc(Oc2ccccc2Cl)c1C#N. The summed E-state index contributed by atoms with van der Waals surface area (Å²) in [5, 5.41) is 18.4. The van der Waals surface area contributed by atoms with E-state index in [1.807, 2.05) is 6.07 Å². The summed E-state index contributed by atoms with van der Waals surface area (Å²) < 4.78 is 5.65. The van der Waals surface area contributed by atoms with Gasteiger partial charge in [0.2, 0.25) is 0 Å². The Morgan fingerprint density at radius 1 is 1.00 bits per heavy atom. The van der Waals surface area contributed by atoms with E-state index in [0.29, 0.717) is 27.6 Å². The third kappa shape index (κ3) is 2.85. The zero-order valence-corrected chi connectivity index (χ0v) is 10.7. The number of nitrogens with zero attached hydrogens (tertiary/aromatic N) is 2. The summed E-state index contributed by atoms with van der Waals surface area (Å²) in [6.07, 6.45) is 0.169. The topological polar surface area (TPSA) is 56.8 Å². The maximum atomic E-state index is 9.20. The minimum absolute atomic E-state index is 0.169. The summed E-state index contributed by atoms with van der Waals surface area (Å²) in [5.74, 6) is 0.887. The van der Waals surface area contributed by atoms with Gasteiger partial charge in [-0.05, 0) is 23.8 Å². The number of benzene rings is 2. The highest BCUT2D eigenvalue weighted by Gasteiger charge is 2.11. The first-order valence-electron chi connectivity index (χ1n) is 5.57. The predicted molar refractivity (Wildman–Crippen MR) is 72.0 cm³/mol. The van der Waals surface area contributed by atoms with Crippen LogP contribution in [0.25, 0.3) is 0 Å². The number of ether oxygens (including phenoxy) is 1. The molecule has 0 saturated heterocycles. The van der Waals surface area contributed by atoms with Crippen molar-refractivity contribution in [2.24, 2.45) is 0 Å². The Kier molecular flexibility index (Phi) is 4.03. The number of hydrogen-bond donors (Lipinski definition) is 0. The third-order valence-electron chi connectivity index (χ3n) is 2.55.